The highest BCUT2D eigenvalue weighted by molar-refractivity contribution is 6.58. The number of rotatable bonds is 9. The van der Waals surface area contributed by atoms with Gasteiger partial charge in [-0.2, -0.15) is 0 Å². The van der Waals surface area contributed by atoms with E-state index in [4.69, 9.17) is 13.5 Å². The van der Waals surface area contributed by atoms with Crippen LogP contribution in [0.15, 0.2) is 23.5 Å². The Bertz CT molecular complexity index is 269. The predicted molar refractivity (Wildman–Crippen MR) is 75.2 cm³/mol. The molecule has 2 N–H and O–H groups in total. The Morgan fingerprint density at radius 3 is 1.67 bits per heavy atom. The zero-order valence-corrected chi connectivity index (χ0v) is 13.3. The van der Waals surface area contributed by atoms with Crippen molar-refractivity contribution in [2.45, 2.75) is 47.1 Å². The summed E-state index contributed by atoms with van der Waals surface area (Å²) in [6, 6.07) is 0. The van der Waals surface area contributed by atoms with Gasteiger partial charge in [-0.05, 0) is 26.7 Å². The predicted octanol–water partition coefficient (Wildman–Crippen LogP) is 2.87. The van der Waals surface area contributed by atoms with Crippen molar-refractivity contribution in [3.63, 3.8) is 0 Å². The fourth-order valence-corrected chi connectivity index (χ4v) is 2.05. The van der Waals surface area contributed by atoms with Crippen LogP contribution in [0.25, 0.3) is 0 Å². The lowest BCUT2D eigenvalue weighted by atomic mass is 10.4. The SMILES string of the molecule is CCC=C(C)NO[Si](C)(OC)ONC(C)=CCC. The summed E-state index contributed by atoms with van der Waals surface area (Å²) in [5.41, 5.74) is 7.57. The number of allylic oxidation sites excluding steroid dienone is 4. The summed E-state index contributed by atoms with van der Waals surface area (Å²) in [4.78, 5) is 0. The molecule has 0 atom stereocenters. The topological polar surface area (TPSA) is 51.8 Å². The monoisotopic (exact) mass is 274 g/mol. The van der Waals surface area contributed by atoms with Gasteiger partial charge in [-0.25, -0.2) is 0 Å². The molecule has 0 aliphatic carbocycles. The Labute approximate surface area is 111 Å². The fraction of sp³-hybridized carbons (Fsp3) is 0.667. The molecular weight excluding hydrogens is 248 g/mol. The maximum absolute atomic E-state index is 5.51. The van der Waals surface area contributed by atoms with Crippen LogP contribution in [0.2, 0.25) is 6.55 Å². The van der Waals surface area contributed by atoms with Gasteiger partial charge in [0, 0.05) is 25.1 Å². The molecule has 6 heteroatoms. The summed E-state index contributed by atoms with van der Waals surface area (Å²) >= 11 is 0. The van der Waals surface area contributed by atoms with Gasteiger partial charge < -0.3 is 4.43 Å². The van der Waals surface area contributed by atoms with Crippen molar-refractivity contribution in [1.29, 1.82) is 0 Å². The third kappa shape index (κ3) is 7.49. The average Bonchev–Trinajstić information content (AvgIpc) is 2.35. The lowest BCUT2D eigenvalue weighted by Crippen LogP contribution is -2.48. The van der Waals surface area contributed by atoms with Crippen molar-refractivity contribution in [3.05, 3.63) is 23.5 Å². The summed E-state index contributed by atoms with van der Waals surface area (Å²) in [5, 5.41) is 0. The number of hydroxylamine groups is 2. The van der Waals surface area contributed by atoms with E-state index in [1.54, 1.807) is 7.11 Å². The second-order valence-electron chi connectivity index (χ2n) is 4.07. The van der Waals surface area contributed by atoms with Crippen molar-refractivity contribution in [2.24, 2.45) is 0 Å². The Hall–Kier alpha value is -0.823. The first kappa shape index (κ1) is 17.2. The molecule has 0 saturated heterocycles. The molecule has 0 amide bonds. The van der Waals surface area contributed by atoms with Crippen LogP contribution in [0.1, 0.15) is 40.5 Å². The van der Waals surface area contributed by atoms with Gasteiger partial charge in [0.15, 0.2) is 0 Å². The van der Waals surface area contributed by atoms with Crippen LogP contribution in [-0.4, -0.2) is 15.9 Å². The molecule has 0 aromatic heterocycles. The van der Waals surface area contributed by atoms with Crippen molar-refractivity contribution < 1.29 is 13.5 Å². The number of nitrogens with one attached hydrogen (secondary N) is 2. The van der Waals surface area contributed by atoms with E-state index < -0.39 is 8.80 Å². The zero-order chi connectivity index (χ0) is 14.0. The minimum absolute atomic E-state index is 0.942. The molecule has 0 heterocycles. The molecule has 18 heavy (non-hydrogen) atoms. The molecule has 0 aromatic carbocycles. The summed E-state index contributed by atoms with van der Waals surface area (Å²) in [6.45, 7) is 9.81. The first-order valence-corrected chi connectivity index (χ1v) is 8.46. The first-order chi connectivity index (χ1) is 8.47. The molecule has 0 saturated carbocycles. The lowest BCUT2D eigenvalue weighted by Gasteiger charge is -2.24. The molecule has 106 valence electrons. The Balaban J connectivity index is 4.26. The van der Waals surface area contributed by atoms with Gasteiger partial charge in [0.25, 0.3) is 0 Å². The molecule has 0 spiro atoms. The molecule has 0 fully saturated rings. The maximum Gasteiger partial charge on any atom is 0.541 e. The van der Waals surface area contributed by atoms with Crippen LogP contribution in [0, 0.1) is 0 Å². The van der Waals surface area contributed by atoms with Gasteiger partial charge in [-0.1, -0.05) is 26.0 Å². The maximum atomic E-state index is 5.51. The Morgan fingerprint density at radius 2 is 1.39 bits per heavy atom. The van der Waals surface area contributed by atoms with E-state index in [0.29, 0.717) is 0 Å². The zero-order valence-electron chi connectivity index (χ0n) is 12.3. The van der Waals surface area contributed by atoms with Crippen molar-refractivity contribution in [3.8, 4) is 0 Å². The van der Waals surface area contributed by atoms with Crippen LogP contribution >= 0.6 is 0 Å². The van der Waals surface area contributed by atoms with E-state index in [0.717, 1.165) is 24.2 Å². The molecule has 0 aliphatic heterocycles. The molecule has 0 rings (SSSR count). The molecule has 5 nitrogen and oxygen atoms in total. The number of hydrogen-bond donors (Lipinski definition) is 2. The minimum Gasteiger partial charge on any atom is -0.375 e. The van der Waals surface area contributed by atoms with Gasteiger partial charge in [-0.3, -0.25) is 20.0 Å². The Morgan fingerprint density at radius 1 is 1.00 bits per heavy atom. The average molecular weight is 274 g/mol. The van der Waals surface area contributed by atoms with E-state index in [1.165, 1.54) is 0 Å². The smallest absolute Gasteiger partial charge is 0.375 e. The minimum atomic E-state index is -2.71. The van der Waals surface area contributed by atoms with Gasteiger partial charge >= 0.3 is 8.80 Å². The van der Waals surface area contributed by atoms with Crippen LogP contribution in [0.3, 0.4) is 0 Å². The third-order valence-corrected chi connectivity index (χ3v) is 3.87. The molecule has 0 bridgehead atoms. The highest BCUT2D eigenvalue weighted by atomic mass is 28.4. The van der Waals surface area contributed by atoms with E-state index in [1.807, 2.05) is 32.5 Å². The van der Waals surface area contributed by atoms with E-state index >= 15 is 0 Å². The van der Waals surface area contributed by atoms with Gasteiger partial charge in [-0.15, -0.1) is 0 Å². The normalized spacial score (nSPS) is 16.3. The second kappa shape index (κ2) is 9.15. The van der Waals surface area contributed by atoms with Crippen LogP contribution in [0.5, 0.6) is 0 Å². The molecule has 0 unspecified atom stereocenters. The second-order valence-corrected chi connectivity index (χ2v) is 6.61. The quantitative estimate of drug-likeness (QED) is 0.500. The third-order valence-electron chi connectivity index (χ3n) is 2.19. The van der Waals surface area contributed by atoms with E-state index in [2.05, 4.69) is 24.8 Å². The highest BCUT2D eigenvalue weighted by Gasteiger charge is 2.35. The molecule has 0 radical (unpaired) electrons. The van der Waals surface area contributed by atoms with Gasteiger partial charge in [0.05, 0.1) is 0 Å². The summed E-state index contributed by atoms with van der Waals surface area (Å²) in [6.07, 6.45) is 5.95. The van der Waals surface area contributed by atoms with Gasteiger partial charge in [0.2, 0.25) is 0 Å². The standard InChI is InChI=1S/C12H26N2O3Si/c1-7-9-11(3)13-16-18(6,15-5)17-14-12(4)10-8-2/h9-10,13-14H,7-8H2,1-6H3. The molecule has 0 aromatic rings. The first-order valence-electron chi connectivity index (χ1n) is 6.24. The lowest BCUT2D eigenvalue weighted by molar-refractivity contribution is 0.0232. The summed E-state index contributed by atoms with van der Waals surface area (Å²) in [5.74, 6) is 0. The summed E-state index contributed by atoms with van der Waals surface area (Å²) in [7, 11) is -1.13. The number of hydrogen-bond acceptors (Lipinski definition) is 5. The highest BCUT2D eigenvalue weighted by Crippen LogP contribution is 2.07. The van der Waals surface area contributed by atoms with E-state index in [9.17, 15) is 0 Å². The van der Waals surface area contributed by atoms with Crippen molar-refractivity contribution in [2.75, 3.05) is 7.11 Å². The molecular formula is C12H26N2O3Si. The van der Waals surface area contributed by atoms with Crippen LogP contribution < -0.4 is 11.0 Å². The fourth-order valence-electron chi connectivity index (χ4n) is 1.15. The summed E-state index contributed by atoms with van der Waals surface area (Å²) < 4.78 is 16.3. The van der Waals surface area contributed by atoms with Gasteiger partial charge in [0.1, 0.15) is 0 Å². The van der Waals surface area contributed by atoms with Crippen molar-refractivity contribution in [1.82, 2.24) is 11.0 Å². The van der Waals surface area contributed by atoms with Crippen molar-refractivity contribution >= 4 is 8.80 Å². The Kier molecular flexibility index (Phi) is 8.73. The van der Waals surface area contributed by atoms with E-state index in [-0.39, 0.29) is 0 Å². The van der Waals surface area contributed by atoms with Crippen LogP contribution in [0.4, 0.5) is 0 Å². The largest absolute Gasteiger partial charge is 0.541 e. The molecule has 0 aliphatic rings. The van der Waals surface area contributed by atoms with Crippen LogP contribution in [-0.2, 0) is 13.5 Å².